The predicted octanol–water partition coefficient (Wildman–Crippen LogP) is 3.48. The molecular weight excluding hydrogens is 236 g/mol. The minimum absolute atomic E-state index is 0.463. The fraction of sp³-hybridized carbons (Fsp3) is 0.562. The second-order valence-corrected chi connectivity index (χ2v) is 4.88. The van der Waals surface area contributed by atoms with Gasteiger partial charge in [0.1, 0.15) is 5.75 Å². The molecule has 1 aromatic carbocycles. The maximum Gasteiger partial charge on any atom is 0.123 e. The molecule has 0 aliphatic rings. The Hall–Kier alpha value is -1.53. The first-order valence-corrected chi connectivity index (χ1v) is 6.96. The van der Waals surface area contributed by atoms with E-state index in [2.05, 4.69) is 32.2 Å². The average Bonchev–Trinajstić information content (AvgIpc) is 2.45. The van der Waals surface area contributed by atoms with Crippen molar-refractivity contribution in [1.82, 2.24) is 5.32 Å². The van der Waals surface area contributed by atoms with Crippen molar-refractivity contribution in [2.45, 2.75) is 46.2 Å². The first kappa shape index (κ1) is 15.5. The van der Waals surface area contributed by atoms with E-state index in [-0.39, 0.29) is 0 Å². The summed E-state index contributed by atoms with van der Waals surface area (Å²) in [7, 11) is 1.66. The van der Waals surface area contributed by atoms with Crippen LogP contribution in [0.2, 0.25) is 0 Å². The van der Waals surface area contributed by atoms with Crippen LogP contribution in [0, 0.1) is 17.2 Å². The number of rotatable bonds is 7. The van der Waals surface area contributed by atoms with Crippen LogP contribution in [0.1, 0.15) is 44.7 Å². The highest BCUT2D eigenvalue weighted by Crippen LogP contribution is 2.20. The molecule has 0 saturated carbocycles. The highest BCUT2D eigenvalue weighted by atomic mass is 16.5. The number of nitriles is 1. The molecule has 1 N–H and O–H groups in total. The number of nitrogens with zero attached hydrogens (tertiary/aromatic N) is 1. The summed E-state index contributed by atoms with van der Waals surface area (Å²) < 4.78 is 5.34. The number of benzene rings is 1. The third-order valence-electron chi connectivity index (χ3n) is 3.78. The Bertz CT molecular complexity index is 433. The van der Waals surface area contributed by atoms with Crippen molar-refractivity contribution in [1.29, 1.82) is 5.26 Å². The van der Waals surface area contributed by atoms with Gasteiger partial charge in [0, 0.05) is 18.2 Å². The Morgan fingerprint density at radius 3 is 2.53 bits per heavy atom. The van der Waals surface area contributed by atoms with E-state index in [0.29, 0.717) is 17.5 Å². The molecule has 0 spiro atoms. The van der Waals surface area contributed by atoms with Crippen molar-refractivity contribution in [3.63, 3.8) is 0 Å². The maximum absolute atomic E-state index is 8.96. The van der Waals surface area contributed by atoms with Gasteiger partial charge >= 0.3 is 0 Å². The molecular formula is C16H24N2O. The first-order chi connectivity index (χ1) is 9.15. The summed E-state index contributed by atoms with van der Waals surface area (Å²) in [5.41, 5.74) is 1.71. The van der Waals surface area contributed by atoms with Crippen molar-refractivity contribution in [3.8, 4) is 11.8 Å². The summed E-state index contributed by atoms with van der Waals surface area (Å²) in [5, 5.41) is 12.5. The third-order valence-corrected chi connectivity index (χ3v) is 3.78. The second kappa shape index (κ2) is 7.81. The molecule has 0 amide bonds. The van der Waals surface area contributed by atoms with E-state index < -0.39 is 0 Å². The minimum atomic E-state index is 0.463. The zero-order chi connectivity index (χ0) is 14.3. The van der Waals surface area contributed by atoms with Crippen molar-refractivity contribution in [2.24, 2.45) is 5.92 Å². The number of methoxy groups -OCH3 is 1. The van der Waals surface area contributed by atoms with Gasteiger partial charge < -0.3 is 10.1 Å². The highest BCUT2D eigenvalue weighted by molar-refractivity contribution is 5.42. The number of hydrogen-bond acceptors (Lipinski definition) is 3. The van der Waals surface area contributed by atoms with Gasteiger partial charge in [0.05, 0.1) is 18.7 Å². The molecule has 0 saturated heterocycles. The Kier molecular flexibility index (Phi) is 6.38. The molecule has 19 heavy (non-hydrogen) atoms. The van der Waals surface area contributed by atoms with Gasteiger partial charge in [-0.1, -0.05) is 26.7 Å². The molecule has 3 nitrogen and oxygen atoms in total. The third kappa shape index (κ3) is 4.25. The van der Waals surface area contributed by atoms with Gasteiger partial charge in [-0.05, 0) is 31.0 Å². The normalized spacial score (nSPS) is 12.2. The molecule has 0 aliphatic carbocycles. The summed E-state index contributed by atoms with van der Waals surface area (Å²) >= 11 is 0. The molecule has 104 valence electrons. The molecule has 0 radical (unpaired) electrons. The van der Waals surface area contributed by atoms with E-state index in [9.17, 15) is 0 Å². The Labute approximate surface area is 116 Å². The van der Waals surface area contributed by atoms with Gasteiger partial charge in [-0.2, -0.15) is 5.26 Å². The van der Waals surface area contributed by atoms with Gasteiger partial charge in [0.2, 0.25) is 0 Å². The first-order valence-electron chi connectivity index (χ1n) is 6.96. The van der Waals surface area contributed by atoms with Crippen LogP contribution in [0.5, 0.6) is 5.75 Å². The Balaban J connectivity index is 2.73. The molecule has 0 aromatic heterocycles. The van der Waals surface area contributed by atoms with Crippen molar-refractivity contribution in [2.75, 3.05) is 7.11 Å². The molecule has 0 bridgehead atoms. The predicted molar refractivity (Wildman–Crippen MR) is 78.1 cm³/mol. The van der Waals surface area contributed by atoms with E-state index in [0.717, 1.165) is 17.9 Å². The lowest BCUT2D eigenvalue weighted by Gasteiger charge is -2.23. The minimum Gasteiger partial charge on any atom is -0.496 e. The molecule has 0 aliphatic heterocycles. The van der Waals surface area contributed by atoms with E-state index >= 15 is 0 Å². The fourth-order valence-corrected chi connectivity index (χ4v) is 2.42. The lowest BCUT2D eigenvalue weighted by atomic mass is 9.95. The highest BCUT2D eigenvalue weighted by Gasteiger charge is 2.13. The Morgan fingerprint density at radius 1 is 1.32 bits per heavy atom. The summed E-state index contributed by atoms with van der Waals surface area (Å²) in [6, 6.07) is 8.17. The van der Waals surface area contributed by atoms with Gasteiger partial charge in [-0.3, -0.25) is 0 Å². The molecule has 3 heteroatoms. The van der Waals surface area contributed by atoms with Crippen LogP contribution in [-0.2, 0) is 6.54 Å². The van der Waals surface area contributed by atoms with Gasteiger partial charge in [0.25, 0.3) is 0 Å². The zero-order valence-electron chi connectivity index (χ0n) is 12.4. The molecule has 1 unspecified atom stereocenters. The monoisotopic (exact) mass is 260 g/mol. The summed E-state index contributed by atoms with van der Waals surface area (Å²) in [6.07, 6.45) is 2.36. The molecule has 1 atom stereocenters. The van der Waals surface area contributed by atoms with Gasteiger partial charge in [0.15, 0.2) is 0 Å². The van der Waals surface area contributed by atoms with Crippen LogP contribution in [0.15, 0.2) is 18.2 Å². The quantitative estimate of drug-likeness (QED) is 0.816. The van der Waals surface area contributed by atoms with Crippen LogP contribution in [0.3, 0.4) is 0 Å². The lowest BCUT2D eigenvalue weighted by Crippen LogP contribution is -2.32. The Morgan fingerprint density at radius 2 is 2.00 bits per heavy atom. The van der Waals surface area contributed by atoms with E-state index in [4.69, 9.17) is 10.00 Å². The van der Waals surface area contributed by atoms with Gasteiger partial charge in [-0.15, -0.1) is 0 Å². The molecule has 1 aromatic rings. The molecule has 1 rings (SSSR count). The zero-order valence-corrected chi connectivity index (χ0v) is 12.4. The van der Waals surface area contributed by atoms with Crippen LogP contribution >= 0.6 is 0 Å². The van der Waals surface area contributed by atoms with E-state index in [1.165, 1.54) is 12.8 Å². The SMILES string of the molecule is CCC(CC)C(C)NCc1cc(C#N)ccc1OC. The molecule has 0 fully saturated rings. The van der Waals surface area contributed by atoms with E-state index in [1.54, 1.807) is 13.2 Å². The largest absolute Gasteiger partial charge is 0.496 e. The fourth-order valence-electron chi connectivity index (χ4n) is 2.42. The second-order valence-electron chi connectivity index (χ2n) is 4.88. The summed E-state index contributed by atoms with van der Waals surface area (Å²) in [5.74, 6) is 1.52. The van der Waals surface area contributed by atoms with Crippen LogP contribution < -0.4 is 10.1 Å². The van der Waals surface area contributed by atoms with Crippen LogP contribution in [0.4, 0.5) is 0 Å². The maximum atomic E-state index is 8.96. The lowest BCUT2D eigenvalue weighted by molar-refractivity contribution is 0.348. The number of nitrogens with one attached hydrogen (secondary N) is 1. The van der Waals surface area contributed by atoms with Crippen LogP contribution in [0.25, 0.3) is 0 Å². The van der Waals surface area contributed by atoms with Crippen molar-refractivity contribution in [3.05, 3.63) is 29.3 Å². The van der Waals surface area contributed by atoms with E-state index in [1.807, 2.05) is 12.1 Å². The van der Waals surface area contributed by atoms with Crippen molar-refractivity contribution < 1.29 is 4.74 Å². The number of ether oxygens (including phenoxy) is 1. The molecule has 0 heterocycles. The van der Waals surface area contributed by atoms with Gasteiger partial charge in [-0.25, -0.2) is 0 Å². The van der Waals surface area contributed by atoms with Crippen LogP contribution in [-0.4, -0.2) is 13.2 Å². The standard InChI is InChI=1S/C16H24N2O/c1-5-14(6-2)12(3)18-11-15-9-13(10-17)7-8-16(15)19-4/h7-9,12,14,18H,5-6,11H2,1-4H3. The average molecular weight is 260 g/mol. The smallest absolute Gasteiger partial charge is 0.123 e. The summed E-state index contributed by atoms with van der Waals surface area (Å²) in [6.45, 7) is 7.40. The summed E-state index contributed by atoms with van der Waals surface area (Å²) in [4.78, 5) is 0. The topological polar surface area (TPSA) is 45.0 Å². The number of hydrogen-bond donors (Lipinski definition) is 1. The van der Waals surface area contributed by atoms with Crippen molar-refractivity contribution >= 4 is 0 Å².